The zero-order valence-corrected chi connectivity index (χ0v) is 10.8. The first kappa shape index (κ1) is 12.6. The molecule has 5 nitrogen and oxygen atoms in total. The fourth-order valence-corrected chi connectivity index (χ4v) is 2.47. The lowest BCUT2D eigenvalue weighted by atomic mass is 9.89. The molecule has 1 aromatic carbocycles. The predicted octanol–water partition coefficient (Wildman–Crippen LogP) is 2.63. The van der Waals surface area contributed by atoms with E-state index >= 15 is 0 Å². The molecule has 0 aliphatic heterocycles. The number of hydrogen-bond donors (Lipinski definition) is 1. The Bertz CT molecular complexity index is 625. The van der Waals surface area contributed by atoms with Gasteiger partial charge in [0.05, 0.1) is 12.4 Å². The first-order valence-electron chi connectivity index (χ1n) is 6.54. The number of carboxylic acid groups (broad SMARTS) is 1. The van der Waals surface area contributed by atoms with Gasteiger partial charge in [-0.2, -0.15) is 0 Å². The van der Waals surface area contributed by atoms with Crippen molar-refractivity contribution in [1.82, 2.24) is 9.97 Å². The lowest BCUT2D eigenvalue weighted by molar-refractivity contribution is 0.0689. The van der Waals surface area contributed by atoms with Gasteiger partial charge in [-0.3, -0.25) is 0 Å². The van der Waals surface area contributed by atoms with Gasteiger partial charge >= 0.3 is 5.97 Å². The van der Waals surface area contributed by atoms with Gasteiger partial charge in [-0.05, 0) is 30.4 Å². The van der Waals surface area contributed by atoms with E-state index in [9.17, 15) is 4.79 Å². The Balaban J connectivity index is 1.80. The first-order chi connectivity index (χ1) is 9.74. The average molecular weight is 270 g/mol. The molecule has 0 saturated carbocycles. The molecule has 3 rings (SSSR count). The van der Waals surface area contributed by atoms with E-state index in [1.165, 1.54) is 23.5 Å². The van der Waals surface area contributed by atoms with Gasteiger partial charge in [0.1, 0.15) is 6.10 Å². The Labute approximate surface area is 116 Å². The monoisotopic (exact) mass is 270 g/mol. The van der Waals surface area contributed by atoms with Gasteiger partial charge in [0.15, 0.2) is 5.69 Å². The van der Waals surface area contributed by atoms with Crippen molar-refractivity contribution < 1.29 is 14.6 Å². The highest BCUT2D eigenvalue weighted by molar-refractivity contribution is 5.84. The second-order valence-electron chi connectivity index (χ2n) is 4.74. The van der Waals surface area contributed by atoms with Crippen molar-refractivity contribution in [1.29, 1.82) is 0 Å². The zero-order valence-electron chi connectivity index (χ0n) is 10.8. The largest absolute Gasteiger partial charge is 0.476 e. The van der Waals surface area contributed by atoms with Crippen molar-refractivity contribution in [3.63, 3.8) is 0 Å². The fourth-order valence-electron chi connectivity index (χ4n) is 2.47. The number of hydrogen-bond acceptors (Lipinski definition) is 4. The van der Waals surface area contributed by atoms with E-state index in [0.717, 1.165) is 19.3 Å². The standard InChI is InChI=1S/C15H14N2O3/c18-15(19)12-8-17-14(9-16-12)20-13-7-3-5-10-4-1-2-6-11(10)13/h1-2,4,6,8-9,13H,3,5,7H2,(H,18,19). The average Bonchev–Trinajstić information content (AvgIpc) is 2.48. The van der Waals surface area contributed by atoms with Crippen molar-refractivity contribution in [2.45, 2.75) is 25.4 Å². The molecular weight excluding hydrogens is 256 g/mol. The number of rotatable bonds is 3. The van der Waals surface area contributed by atoms with Crippen molar-refractivity contribution in [3.05, 3.63) is 53.5 Å². The van der Waals surface area contributed by atoms with Gasteiger partial charge in [0.2, 0.25) is 5.88 Å². The molecule has 20 heavy (non-hydrogen) atoms. The molecule has 1 aliphatic carbocycles. The summed E-state index contributed by atoms with van der Waals surface area (Å²) in [4.78, 5) is 18.5. The molecule has 1 aliphatic rings. The highest BCUT2D eigenvalue weighted by Crippen LogP contribution is 2.32. The Kier molecular flexibility index (Phi) is 3.33. The molecule has 0 spiro atoms. The molecule has 1 atom stereocenters. The highest BCUT2D eigenvalue weighted by atomic mass is 16.5. The summed E-state index contributed by atoms with van der Waals surface area (Å²) in [5.41, 5.74) is 2.41. The molecule has 1 heterocycles. The van der Waals surface area contributed by atoms with Gasteiger partial charge in [-0.1, -0.05) is 24.3 Å². The summed E-state index contributed by atoms with van der Waals surface area (Å²) in [6, 6.07) is 8.21. The number of aryl methyl sites for hydroxylation is 1. The summed E-state index contributed by atoms with van der Waals surface area (Å²) >= 11 is 0. The normalized spacial score (nSPS) is 17.3. The van der Waals surface area contributed by atoms with E-state index in [4.69, 9.17) is 9.84 Å². The van der Waals surface area contributed by atoms with Crippen LogP contribution in [0.15, 0.2) is 36.7 Å². The maximum absolute atomic E-state index is 10.7. The number of ether oxygens (including phenoxy) is 1. The topological polar surface area (TPSA) is 72.3 Å². The summed E-state index contributed by atoms with van der Waals surface area (Å²) in [6.45, 7) is 0. The van der Waals surface area contributed by atoms with Gasteiger partial charge in [-0.25, -0.2) is 14.8 Å². The molecule has 1 N–H and O–H groups in total. The van der Waals surface area contributed by atoms with Crippen LogP contribution in [0.25, 0.3) is 0 Å². The van der Waals surface area contributed by atoms with Gasteiger partial charge in [0, 0.05) is 0 Å². The van der Waals surface area contributed by atoms with Crippen LogP contribution in [0.5, 0.6) is 5.88 Å². The molecule has 0 amide bonds. The van der Waals surface area contributed by atoms with Crippen LogP contribution in [-0.2, 0) is 6.42 Å². The van der Waals surface area contributed by atoms with Crippen molar-refractivity contribution >= 4 is 5.97 Å². The minimum atomic E-state index is -1.09. The van der Waals surface area contributed by atoms with E-state index in [2.05, 4.69) is 22.1 Å². The van der Waals surface area contributed by atoms with Gasteiger partial charge in [0.25, 0.3) is 0 Å². The SMILES string of the molecule is O=C(O)c1cnc(OC2CCCc3ccccc32)cn1. The van der Waals surface area contributed by atoms with Gasteiger partial charge < -0.3 is 9.84 Å². The van der Waals surface area contributed by atoms with Crippen LogP contribution in [0.4, 0.5) is 0 Å². The number of aromatic nitrogens is 2. The van der Waals surface area contributed by atoms with Crippen LogP contribution in [0.2, 0.25) is 0 Å². The molecule has 5 heteroatoms. The third-order valence-electron chi connectivity index (χ3n) is 3.42. The number of aromatic carboxylic acids is 1. The fraction of sp³-hybridized carbons (Fsp3) is 0.267. The summed E-state index contributed by atoms with van der Waals surface area (Å²) in [6.07, 6.45) is 5.61. The molecule has 2 aromatic rings. The lowest BCUT2D eigenvalue weighted by Gasteiger charge is -2.25. The molecule has 0 radical (unpaired) electrons. The van der Waals surface area contributed by atoms with Crippen LogP contribution in [0.3, 0.4) is 0 Å². The molecule has 1 aromatic heterocycles. The van der Waals surface area contributed by atoms with E-state index in [1.54, 1.807) is 0 Å². The van der Waals surface area contributed by atoms with E-state index < -0.39 is 5.97 Å². The smallest absolute Gasteiger partial charge is 0.356 e. The Morgan fingerprint density at radius 1 is 1.25 bits per heavy atom. The van der Waals surface area contributed by atoms with Crippen LogP contribution in [0, 0.1) is 0 Å². The minimum absolute atomic E-state index is 0.0371. The van der Waals surface area contributed by atoms with Crippen molar-refractivity contribution in [2.75, 3.05) is 0 Å². The quantitative estimate of drug-likeness (QED) is 0.928. The summed E-state index contributed by atoms with van der Waals surface area (Å²) in [5.74, 6) is -0.733. The third kappa shape index (κ3) is 2.47. The summed E-state index contributed by atoms with van der Waals surface area (Å²) < 4.78 is 5.85. The first-order valence-corrected chi connectivity index (χ1v) is 6.54. The maximum Gasteiger partial charge on any atom is 0.356 e. The van der Waals surface area contributed by atoms with Crippen molar-refractivity contribution in [3.8, 4) is 5.88 Å². The molecule has 102 valence electrons. The summed E-state index contributed by atoms with van der Waals surface area (Å²) in [7, 11) is 0. The Morgan fingerprint density at radius 3 is 2.85 bits per heavy atom. The van der Waals surface area contributed by atoms with Crippen LogP contribution >= 0.6 is 0 Å². The van der Waals surface area contributed by atoms with E-state index in [-0.39, 0.29) is 11.8 Å². The van der Waals surface area contributed by atoms with Crippen LogP contribution in [0.1, 0.15) is 40.6 Å². The molecule has 0 bridgehead atoms. The second kappa shape index (κ2) is 5.28. The Hall–Kier alpha value is -2.43. The van der Waals surface area contributed by atoms with Gasteiger partial charge in [-0.15, -0.1) is 0 Å². The third-order valence-corrected chi connectivity index (χ3v) is 3.42. The van der Waals surface area contributed by atoms with E-state index in [1.807, 2.05) is 12.1 Å². The molecule has 1 unspecified atom stereocenters. The second-order valence-corrected chi connectivity index (χ2v) is 4.74. The van der Waals surface area contributed by atoms with Crippen LogP contribution < -0.4 is 4.74 Å². The minimum Gasteiger partial charge on any atom is -0.476 e. The molecule has 0 fully saturated rings. The number of carbonyl (C=O) groups is 1. The number of benzene rings is 1. The summed E-state index contributed by atoms with van der Waals surface area (Å²) in [5, 5.41) is 8.78. The number of nitrogens with zero attached hydrogens (tertiary/aromatic N) is 2. The maximum atomic E-state index is 10.7. The van der Waals surface area contributed by atoms with E-state index in [0.29, 0.717) is 5.88 Å². The number of carboxylic acids is 1. The zero-order chi connectivity index (χ0) is 13.9. The van der Waals surface area contributed by atoms with Crippen LogP contribution in [-0.4, -0.2) is 21.0 Å². The Morgan fingerprint density at radius 2 is 2.10 bits per heavy atom. The highest BCUT2D eigenvalue weighted by Gasteiger charge is 2.21. The lowest BCUT2D eigenvalue weighted by Crippen LogP contribution is -2.16. The molecule has 0 saturated heterocycles. The molecular formula is C15H14N2O3. The number of fused-ring (bicyclic) bond motifs is 1. The van der Waals surface area contributed by atoms with Crippen molar-refractivity contribution in [2.24, 2.45) is 0 Å². The predicted molar refractivity (Wildman–Crippen MR) is 71.7 cm³/mol.